The molecule has 1 unspecified atom stereocenters. The standard InChI is InChI=1S/C25H25N3O3S/c1-14-6-4-7-15(2)23(14)20-12-22-27-24(26-20)28-32(29,30)19-9-5-8-17(10-19)25-13-18(25)11-21(31-22)16(25)3/h4-10,12,16,18,21H,11,13H2,1-3H3,(H,26,27,28)/t16-,18+,21-,25?/m1/s1. The molecular formula is C25H25N3O3S. The molecule has 3 aliphatic rings. The van der Waals surface area contributed by atoms with E-state index < -0.39 is 10.0 Å². The zero-order valence-corrected chi connectivity index (χ0v) is 19.1. The summed E-state index contributed by atoms with van der Waals surface area (Å²) in [4.78, 5) is 9.28. The van der Waals surface area contributed by atoms with Gasteiger partial charge in [-0.05, 0) is 61.4 Å². The Morgan fingerprint density at radius 1 is 1.06 bits per heavy atom. The van der Waals surface area contributed by atoms with Crippen LogP contribution >= 0.6 is 0 Å². The highest BCUT2D eigenvalue weighted by Gasteiger charge is 2.66. The third kappa shape index (κ3) is 2.80. The molecule has 0 amide bonds. The Labute approximate surface area is 188 Å². The van der Waals surface area contributed by atoms with E-state index in [0.717, 1.165) is 35.1 Å². The fourth-order valence-electron chi connectivity index (χ4n) is 5.95. The molecule has 164 valence electrons. The minimum Gasteiger partial charge on any atom is -0.474 e. The fourth-order valence-corrected chi connectivity index (χ4v) is 6.94. The topological polar surface area (TPSA) is 81.2 Å². The summed E-state index contributed by atoms with van der Waals surface area (Å²) in [5.41, 5.74) is 4.82. The van der Waals surface area contributed by atoms with E-state index in [1.54, 1.807) is 6.07 Å². The maximum Gasteiger partial charge on any atom is 0.264 e. The minimum atomic E-state index is -3.84. The van der Waals surface area contributed by atoms with E-state index in [9.17, 15) is 8.42 Å². The Morgan fingerprint density at radius 3 is 2.59 bits per heavy atom. The van der Waals surface area contributed by atoms with E-state index in [4.69, 9.17) is 4.74 Å². The lowest BCUT2D eigenvalue weighted by atomic mass is 9.84. The molecule has 2 aliphatic carbocycles. The SMILES string of the molecule is Cc1cccc(C)c1-c1cc2nc(n1)NS(=O)(=O)c1cccc(c1)C13C[C@@H]1C[C@@H](O2)[C@H]3C. The van der Waals surface area contributed by atoms with Gasteiger partial charge >= 0.3 is 0 Å². The monoisotopic (exact) mass is 447 g/mol. The van der Waals surface area contributed by atoms with Crippen molar-refractivity contribution in [3.8, 4) is 17.1 Å². The molecule has 2 aromatic carbocycles. The molecule has 6 nitrogen and oxygen atoms in total. The Bertz CT molecular complexity index is 1350. The molecule has 6 rings (SSSR count). The number of aryl methyl sites for hydroxylation is 2. The Morgan fingerprint density at radius 2 is 1.81 bits per heavy atom. The van der Waals surface area contributed by atoms with Crippen molar-refractivity contribution in [1.29, 1.82) is 0 Å². The van der Waals surface area contributed by atoms with Gasteiger partial charge in [0.15, 0.2) is 0 Å². The molecule has 1 spiro atoms. The number of sulfonamides is 1. The van der Waals surface area contributed by atoms with Crippen LogP contribution in [0, 0.1) is 25.7 Å². The second-order valence-corrected chi connectivity index (χ2v) is 11.1. The van der Waals surface area contributed by atoms with Crippen molar-refractivity contribution < 1.29 is 13.2 Å². The first-order valence-electron chi connectivity index (χ1n) is 11.0. The summed E-state index contributed by atoms with van der Waals surface area (Å²) in [7, 11) is -3.84. The molecule has 2 heterocycles. The van der Waals surface area contributed by atoms with E-state index in [2.05, 4.69) is 27.7 Å². The molecule has 32 heavy (non-hydrogen) atoms. The van der Waals surface area contributed by atoms with E-state index in [0.29, 0.717) is 17.5 Å². The molecule has 3 aromatic rings. The van der Waals surface area contributed by atoms with Crippen molar-refractivity contribution in [2.75, 3.05) is 4.72 Å². The number of hydrogen-bond acceptors (Lipinski definition) is 5. The van der Waals surface area contributed by atoms with Crippen LogP contribution in [-0.2, 0) is 15.4 Å². The molecule has 1 aliphatic heterocycles. The van der Waals surface area contributed by atoms with Gasteiger partial charge in [0.1, 0.15) is 6.10 Å². The molecule has 1 N–H and O–H groups in total. The van der Waals surface area contributed by atoms with Gasteiger partial charge in [0.25, 0.3) is 10.0 Å². The number of ether oxygens (including phenoxy) is 1. The number of nitrogens with zero attached hydrogens (tertiary/aromatic N) is 2. The van der Waals surface area contributed by atoms with Gasteiger partial charge in [-0.1, -0.05) is 37.3 Å². The van der Waals surface area contributed by atoms with Crippen LogP contribution in [0.3, 0.4) is 0 Å². The van der Waals surface area contributed by atoms with Crippen LogP contribution in [0.4, 0.5) is 5.95 Å². The first-order chi connectivity index (χ1) is 15.3. The average molecular weight is 448 g/mol. The smallest absolute Gasteiger partial charge is 0.264 e. The summed E-state index contributed by atoms with van der Waals surface area (Å²) >= 11 is 0. The van der Waals surface area contributed by atoms with Crippen LogP contribution in [0.5, 0.6) is 5.88 Å². The van der Waals surface area contributed by atoms with Gasteiger partial charge in [-0.3, -0.25) is 0 Å². The Balaban J connectivity index is 1.55. The zero-order chi connectivity index (χ0) is 22.3. The predicted molar refractivity (Wildman–Crippen MR) is 122 cm³/mol. The fraction of sp³-hybridized carbons (Fsp3) is 0.360. The second-order valence-electron chi connectivity index (χ2n) is 9.44. The normalized spacial score (nSPS) is 29.0. The molecule has 6 bridgehead atoms. The second kappa shape index (κ2) is 6.54. The molecule has 2 fully saturated rings. The van der Waals surface area contributed by atoms with Gasteiger partial charge in [0.05, 0.1) is 10.6 Å². The predicted octanol–water partition coefficient (Wildman–Crippen LogP) is 4.62. The maximum absolute atomic E-state index is 13.2. The number of hydrogen-bond donors (Lipinski definition) is 1. The average Bonchev–Trinajstić information content (AvgIpc) is 3.40. The molecule has 0 saturated heterocycles. The number of aromatic nitrogens is 2. The first kappa shape index (κ1) is 19.7. The number of anilines is 1. The van der Waals surface area contributed by atoms with Crippen molar-refractivity contribution in [3.05, 3.63) is 65.2 Å². The van der Waals surface area contributed by atoms with Crippen molar-refractivity contribution in [3.63, 3.8) is 0 Å². The van der Waals surface area contributed by atoms with Crippen LogP contribution in [0.25, 0.3) is 11.3 Å². The molecule has 1 aromatic heterocycles. The van der Waals surface area contributed by atoms with E-state index >= 15 is 0 Å². The Hall–Kier alpha value is -2.93. The summed E-state index contributed by atoms with van der Waals surface area (Å²) in [5.74, 6) is 1.21. The van der Waals surface area contributed by atoms with Crippen molar-refractivity contribution >= 4 is 16.0 Å². The van der Waals surface area contributed by atoms with Crippen molar-refractivity contribution in [1.82, 2.24) is 9.97 Å². The van der Waals surface area contributed by atoms with Crippen LogP contribution in [-0.4, -0.2) is 24.5 Å². The van der Waals surface area contributed by atoms with E-state index in [-0.39, 0.29) is 28.3 Å². The van der Waals surface area contributed by atoms with E-state index in [1.807, 2.05) is 50.2 Å². The number of rotatable bonds is 1. The highest BCUT2D eigenvalue weighted by atomic mass is 32.2. The zero-order valence-electron chi connectivity index (χ0n) is 18.3. The minimum absolute atomic E-state index is 0.0132. The summed E-state index contributed by atoms with van der Waals surface area (Å²) < 4.78 is 35.5. The highest BCUT2D eigenvalue weighted by Crippen LogP contribution is 2.67. The molecular weight excluding hydrogens is 422 g/mol. The van der Waals surface area contributed by atoms with Crippen molar-refractivity contribution in [2.24, 2.45) is 11.8 Å². The lowest BCUT2D eigenvalue weighted by Gasteiger charge is -2.27. The van der Waals surface area contributed by atoms with Gasteiger partial charge in [0, 0.05) is 23.0 Å². The lowest BCUT2D eigenvalue weighted by Crippen LogP contribution is -2.30. The van der Waals surface area contributed by atoms with Gasteiger partial charge < -0.3 is 4.74 Å². The van der Waals surface area contributed by atoms with E-state index in [1.165, 1.54) is 0 Å². The third-order valence-electron chi connectivity index (χ3n) is 7.66. The van der Waals surface area contributed by atoms with Gasteiger partial charge in [-0.25, -0.2) is 18.1 Å². The van der Waals surface area contributed by atoms with Crippen LogP contribution < -0.4 is 9.46 Å². The first-order valence-corrected chi connectivity index (χ1v) is 12.5. The lowest BCUT2D eigenvalue weighted by molar-refractivity contribution is 0.136. The summed E-state index contributed by atoms with van der Waals surface area (Å²) in [6.07, 6.45) is 2.05. The summed E-state index contributed by atoms with van der Waals surface area (Å²) in [6.45, 7) is 6.27. The van der Waals surface area contributed by atoms with Gasteiger partial charge in [0.2, 0.25) is 11.8 Å². The van der Waals surface area contributed by atoms with Crippen LogP contribution in [0.2, 0.25) is 0 Å². The van der Waals surface area contributed by atoms with Crippen LogP contribution in [0.15, 0.2) is 53.4 Å². The molecule has 2 saturated carbocycles. The summed E-state index contributed by atoms with van der Waals surface area (Å²) in [5, 5.41) is 0. The Kier molecular flexibility index (Phi) is 4.03. The number of nitrogens with one attached hydrogen (secondary N) is 1. The largest absolute Gasteiger partial charge is 0.474 e. The quantitative estimate of drug-likeness (QED) is 0.589. The highest BCUT2D eigenvalue weighted by molar-refractivity contribution is 7.92. The summed E-state index contributed by atoms with van der Waals surface area (Å²) in [6, 6.07) is 15.2. The van der Waals surface area contributed by atoms with Gasteiger partial charge in [-0.2, -0.15) is 4.98 Å². The molecule has 0 radical (unpaired) electrons. The molecule has 7 heteroatoms. The number of benzene rings is 2. The molecule has 4 atom stereocenters. The van der Waals surface area contributed by atoms with Gasteiger partial charge in [-0.15, -0.1) is 0 Å². The van der Waals surface area contributed by atoms with Crippen molar-refractivity contribution in [2.45, 2.75) is 50.0 Å². The number of fused-ring (bicyclic) bond motifs is 5. The third-order valence-corrected chi connectivity index (χ3v) is 8.98. The van der Waals surface area contributed by atoms with Crippen LogP contribution in [0.1, 0.15) is 36.5 Å². The maximum atomic E-state index is 13.2.